The van der Waals surface area contributed by atoms with E-state index < -0.39 is 0 Å². The highest BCUT2D eigenvalue weighted by Gasteiger charge is 2.24. The van der Waals surface area contributed by atoms with E-state index in [0.29, 0.717) is 5.69 Å². The van der Waals surface area contributed by atoms with Crippen LogP contribution in [0, 0.1) is 13.8 Å². The number of hydrogen-bond donors (Lipinski definition) is 0. The summed E-state index contributed by atoms with van der Waals surface area (Å²) in [5.41, 5.74) is 5.62. The lowest BCUT2D eigenvalue weighted by Crippen LogP contribution is -2.49. The van der Waals surface area contributed by atoms with E-state index in [1.807, 2.05) is 34.5 Å². The van der Waals surface area contributed by atoms with Gasteiger partial charge in [0, 0.05) is 43.7 Å². The van der Waals surface area contributed by atoms with Crippen molar-refractivity contribution < 1.29 is 9.53 Å². The number of carbonyl (C=O) groups is 1. The number of benzene rings is 2. The molecule has 0 N–H and O–H groups in total. The van der Waals surface area contributed by atoms with E-state index in [0.717, 1.165) is 48.9 Å². The second-order valence-electron chi connectivity index (χ2n) is 7.65. The van der Waals surface area contributed by atoms with Gasteiger partial charge in [-0.05, 0) is 48.7 Å². The molecule has 4 rings (SSSR count). The zero-order valence-corrected chi connectivity index (χ0v) is 18.5. The van der Waals surface area contributed by atoms with E-state index in [4.69, 9.17) is 4.74 Å². The number of ether oxygens (including phenoxy) is 1. The summed E-state index contributed by atoms with van der Waals surface area (Å²) in [5, 5.41) is 2.84. The van der Waals surface area contributed by atoms with Crippen molar-refractivity contribution in [2.45, 2.75) is 20.3 Å². The summed E-state index contributed by atoms with van der Waals surface area (Å²) in [4.78, 5) is 21.9. The van der Waals surface area contributed by atoms with Gasteiger partial charge < -0.3 is 14.5 Å². The highest BCUT2D eigenvalue weighted by molar-refractivity contribution is 7.09. The lowest BCUT2D eigenvalue weighted by Gasteiger charge is -2.36. The van der Waals surface area contributed by atoms with Gasteiger partial charge in [-0.25, -0.2) is 4.98 Å². The molecule has 2 heterocycles. The van der Waals surface area contributed by atoms with Gasteiger partial charge in [0.2, 0.25) is 0 Å². The number of aromatic nitrogens is 1. The van der Waals surface area contributed by atoms with Crippen molar-refractivity contribution in [2.75, 3.05) is 38.2 Å². The molecule has 3 aromatic rings. The molecule has 1 aromatic heterocycles. The minimum Gasteiger partial charge on any atom is -0.497 e. The fraction of sp³-hybridized carbons (Fsp3) is 0.333. The Morgan fingerprint density at radius 3 is 2.50 bits per heavy atom. The summed E-state index contributed by atoms with van der Waals surface area (Å²) in [6.45, 7) is 7.44. The average molecular weight is 422 g/mol. The molecule has 1 saturated heterocycles. The van der Waals surface area contributed by atoms with E-state index in [2.05, 4.69) is 41.9 Å². The molecular formula is C24H27N3O2S. The van der Waals surface area contributed by atoms with Crippen molar-refractivity contribution in [3.63, 3.8) is 0 Å². The normalized spacial score (nSPS) is 14.1. The first-order valence-corrected chi connectivity index (χ1v) is 11.1. The van der Waals surface area contributed by atoms with Crippen LogP contribution in [0.25, 0.3) is 0 Å². The lowest BCUT2D eigenvalue weighted by atomic mass is 10.1. The lowest BCUT2D eigenvalue weighted by molar-refractivity contribution is 0.0741. The minimum atomic E-state index is 0.0350. The van der Waals surface area contributed by atoms with Crippen LogP contribution in [0.2, 0.25) is 0 Å². The topological polar surface area (TPSA) is 45.7 Å². The van der Waals surface area contributed by atoms with Crippen LogP contribution in [0.5, 0.6) is 5.75 Å². The molecule has 1 aliphatic rings. The second-order valence-corrected chi connectivity index (χ2v) is 8.59. The van der Waals surface area contributed by atoms with Crippen LogP contribution >= 0.6 is 11.3 Å². The van der Waals surface area contributed by atoms with Crippen LogP contribution in [0.3, 0.4) is 0 Å². The highest BCUT2D eigenvalue weighted by Crippen LogP contribution is 2.24. The molecule has 5 nitrogen and oxygen atoms in total. The SMILES string of the molecule is COc1ccc(Cc2nc(C(=O)N3CCN(c4cccc(C)c4C)CC3)cs2)cc1. The van der Waals surface area contributed by atoms with Crippen molar-refractivity contribution in [1.82, 2.24) is 9.88 Å². The third kappa shape index (κ3) is 4.33. The predicted octanol–water partition coefficient (Wildman–Crippen LogP) is 4.32. The monoisotopic (exact) mass is 421 g/mol. The molecule has 1 amide bonds. The van der Waals surface area contributed by atoms with Crippen molar-refractivity contribution in [2.24, 2.45) is 0 Å². The van der Waals surface area contributed by atoms with E-state index in [9.17, 15) is 4.79 Å². The number of aryl methyl sites for hydroxylation is 1. The van der Waals surface area contributed by atoms with Crippen LogP contribution in [-0.2, 0) is 6.42 Å². The number of nitrogens with zero attached hydrogens (tertiary/aromatic N) is 3. The maximum absolute atomic E-state index is 12.9. The Labute approximate surface area is 181 Å². The zero-order chi connectivity index (χ0) is 21.1. The third-order valence-electron chi connectivity index (χ3n) is 5.77. The maximum atomic E-state index is 12.9. The summed E-state index contributed by atoms with van der Waals surface area (Å²) in [6.07, 6.45) is 0.725. The van der Waals surface area contributed by atoms with Crippen LogP contribution in [-0.4, -0.2) is 49.1 Å². The number of piperazine rings is 1. The van der Waals surface area contributed by atoms with Gasteiger partial charge in [0.05, 0.1) is 12.1 Å². The molecule has 6 heteroatoms. The molecule has 30 heavy (non-hydrogen) atoms. The summed E-state index contributed by atoms with van der Waals surface area (Å²) < 4.78 is 5.20. The van der Waals surface area contributed by atoms with Gasteiger partial charge in [-0.3, -0.25) is 4.79 Å². The summed E-state index contributed by atoms with van der Waals surface area (Å²) in [5.74, 6) is 0.876. The number of amides is 1. The minimum absolute atomic E-state index is 0.0350. The maximum Gasteiger partial charge on any atom is 0.273 e. The Hall–Kier alpha value is -2.86. The van der Waals surface area contributed by atoms with Gasteiger partial charge in [0.1, 0.15) is 11.4 Å². The first kappa shape index (κ1) is 20.4. The second kappa shape index (κ2) is 8.88. The first-order valence-electron chi connectivity index (χ1n) is 10.2. The van der Waals surface area contributed by atoms with Crippen molar-refractivity contribution >= 4 is 22.9 Å². The third-order valence-corrected chi connectivity index (χ3v) is 6.62. The Balaban J connectivity index is 1.37. The molecule has 0 unspecified atom stereocenters. The first-order chi connectivity index (χ1) is 14.5. The summed E-state index contributed by atoms with van der Waals surface area (Å²) in [7, 11) is 1.66. The van der Waals surface area contributed by atoms with E-state index in [1.54, 1.807) is 18.4 Å². The molecule has 0 aliphatic carbocycles. The van der Waals surface area contributed by atoms with Crippen molar-refractivity contribution in [1.29, 1.82) is 0 Å². The van der Waals surface area contributed by atoms with E-state index >= 15 is 0 Å². The molecule has 0 radical (unpaired) electrons. The zero-order valence-electron chi connectivity index (χ0n) is 17.7. The van der Waals surface area contributed by atoms with E-state index in [1.165, 1.54) is 16.8 Å². The molecule has 0 saturated carbocycles. The Kier molecular flexibility index (Phi) is 6.04. The number of anilines is 1. The Morgan fingerprint density at radius 1 is 1.07 bits per heavy atom. The van der Waals surface area contributed by atoms with Crippen LogP contribution < -0.4 is 9.64 Å². The largest absolute Gasteiger partial charge is 0.497 e. The fourth-order valence-electron chi connectivity index (χ4n) is 3.80. The molecule has 1 fully saturated rings. The summed E-state index contributed by atoms with van der Waals surface area (Å²) >= 11 is 1.55. The quantitative estimate of drug-likeness (QED) is 0.615. The number of rotatable bonds is 5. The van der Waals surface area contributed by atoms with Crippen molar-refractivity contribution in [3.8, 4) is 5.75 Å². The van der Waals surface area contributed by atoms with Gasteiger partial charge in [0.15, 0.2) is 0 Å². The Morgan fingerprint density at radius 2 is 1.80 bits per heavy atom. The number of methoxy groups -OCH3 is 1. The van der Waals surface area contributed by atoms with Crippen LogP contribution in [0.4, 0.5) is 5.69 Å². The smallest absolute Gasteiger partial charge is 0.273 e. The van der Waals surface area contributed by atoms with Gasteiger partial charge in [0.25, 0.3) is 5.91 Å². The molecule has 0 bridgehead atoms. The molecule has 0 atom stereocenters. The van der Waals surface area contributed by atoms with Gasteiger partial charge in [-0.1, -0.05) is 24.3 Å². The standard InChI is InChI=1S/C24H27N3O2S/c1-17-5-4-6-22(18(17)2)26-11-13-27(14-12-26)24(28)21-16-30-23(25-21)15-19-7-9-20(29-3)10-8-19/h4-10,16H,11-15H2,1-3H3. The van der Waals surface area contributed by atoms with Crippen LogP contribution in [0.1, 0.15) is 32.2 Å². The van der Waals surface area contributed by atoms with Gasteiger partial charge in [-0.15, -0.1) is 11.3 Å². The van der Waals surface area contributed by atoms with Crippen LogP contribution in [0.15, 0.2) is 47.8 Å². The van der Waals surface area contributed by atoms with E-state index in [-0.39, 0.29) is 5.91 Å². The highest BCUT2D eigenvalue weighted by atomic mass is 32.1. The number of thiazole rings is 1. The van der Waals surface area contributed by atoms with Crippen molar-refractivity contribution in [3.05, 3.63) is 75.2 Å². The van der Waals surface area contributed by atoms with Gasteiger partial charge >= 0.3 is 0 Å². The molecule has 2 aromatic carbocycles. The van der Waals surface area contributed by atoms with Gasteiger partial charge in [-0.2, -0.15) is 0 Å². The average Bonchev–Trinajstić information content (AvgIpc) is 3.24. The predicted molar refractivity (Wildman–Crippen MR) is 122 cm³/mol. The fourth-order valence-corrected chi connectivity index (χ4v) is 4.60. The number of carbonyl (C=O) groups excluding carboxylic acids is 1. The Bertz CT molecular complexity index is 1020. The number of hydrogen-bond acceptors (Lipinski definition) is 5. The summed E-state index contributed by atoms with van der Waals surface area (Å²) in [6, 6.07) is 14.4. The molecule has 156 valence electrons. The molecule has 1 aliphatic heterocycles. The molecular weight excluding hydrogens is 394 g/mol. The molecule has 0 spiro atoms.